The van der Waals surface area contributed by atoms with Crippen LogP contribution in [0.15, 0.2) is 18.2 Å². The first-order chi connectivity index (χ1) is 11.1. The summed E-state index contributed by atoms with van der Waals surface area (Å²) in [4.78, 5) is 22.3. The summed E-state index contributed by atoms with van der Waals surface area (Å²) < 4.78 is 5.12. The fourth-order valence-electron chi connectivity index (χ4n) is 2.36. The molecule has 0 spiro atoms. The maximum atomic E-state index is 12.0. The highest BCUT2D eigenvalue weighted by atomic mass is 16.6. The van der Waals surface area contributed by atoms with Gasteiger partial charge < -0.3 is 10.1 Å². The van der Waals surface area contributed by atoms with Crippen LogP contribution in [-0.4, -0.2) is 17.9 Å². The SMILES string of the molecule is CCCCCCCCCC(=O)Nc1cc([N+](=O)[O-])ccc1OC. The van der Waals surface area contributed by atoms with Gasteiger partial charge in [-0.3, -0.25) is 14.9 Å². The molecule has 6 heteroatoms. The average molecular weight is 322 g/mol. The molecule has 128 valence electrons. The van der Waals surface area contributed by atoms with E-state index in [0.29, 0.717) is 17.9 Å². The van der Waals surface area contributed by atoms with Crippen molar-refractivity contribution in [2.75, 3.05) is 12.4 Å². The number of hydrogen-bond acceptors (Lipinski definition) is 4. The number of nitrogens with one attached hydrogen (secondary N) is 1. The topological polar surface area (TPSA) is 81.5 Å². The number of nitrogens with zero attached hydrogens (tertiary/aromatic N) is 1. The number of methoxy groups -OCH3 is 1. The van der Waals surface area contributed by atoms with Crippen molar-refractivity contribution in [1.29, 1.82) is 0 Å². The van der Waals surface area contributed by atoms with E-state index in [4.69, 9.17) is 4.74 Å². The Morgan fingerprint density at radius 1 is 1.17 bits per heavy atom. The predicted octanol–water partition coefficient (Wildman–Crippen LogP) is 4.68. The van der Waals surface area contributed by atoms with E-state index in [0.717, 1.165) is 19.3 Å². The van der Waals surface area contributed by atoms with Gasteiger partial charge in [-0.15, -0.1) is 0 Å². The van der Waals surface area contributed by atoms with Crippen molar-refractivity contribution >= 4 is 17.3 Å². The Morgan fingerprint density at radius 2 is 1.83 bits per heavy atom. The first kappa shape index (κ1) is 18.9. The second-order valence-corrected chi connectivity index (χ2v) is 5.56. The molecule has 0 unspecified atom stereocenters. The van der Waals surface area contributed by atoms with Crippen molar-refractivity contribution in [3.05, 3.63) is 28.3 Å². The van der Waals surface area contributed by atoms with E-state index in [1.165, 1.54) is 51.0 Å². The molecule has 1 rings (SSSR count). The van der Waals surface area contributed by atoms with Gasteiger partial charge in [-0.1, -0.05) is 45.4 Å². The van der Waals surface area contributed by atoms with E-state index >= 15 is 0 Å². The third kappa shape index (κ3) is 7.13. The molecule has 0 heterocycles. The molecule has 23 heavy (non-hydrogen) atoms. The number of carbonyl (C=O) groups excluding carboxylic acids is 1. The van der Waals surface area contributed by atoms with Crippen LogP contribution in [0.5, 0.6) is 5.75 Å². The quantitative estimate of drug-likeness (QED) is 0.364. The molecule has 1 amide bonds. The summed E-state index contributed by atoms with van der Waals surface area (Å²) in [5.41, 5.74) is 0.270. The number of unbranched alkanes of at least 4 members (excludes halogenated alkanes) is 6. The third-order valence-electron chi connectivity index (χ3n) is 3.68. The van der Waals surface area contributed by atoms with Crippen LogP contribution in [0, 0.1) is 10.1 Å². The van der Waals surface area contributed by atoms with E-state index in [9.17, 15) is 14.9 Å². The zero-order valence-electron chi connectivity index (χ0n) is 14.0. The number of nitro groups is 1. The molecule has 0 saturated carbocycles. The van der Waals surface area contributed by atoms with E-state index in [-0.39, 0.29) is 11.6 Å². The number of nitro benzene ring substituents is 1. The number of rotatable bonds is 11. The molecule has 0 bridgehead atoms. The molecule has 0 aliphatic heterocycles. The molecular formula is C17H26N2O4. The molecule has 1 N–H and O–H groups in total. The van der Waals surface area contributed by atoms with Crippen LogP contribution >= 0.6 is 0 Å². The number of benzene rings is 1. The monoisotopic (exact) mass is 322 g/mol. The number of amides is 1. The highest BCUT2D eigenvalue weighted by Crippen LogP contribution is 2.29. The van der Waals surface area contributed by atoms with Crippen molar-refractivity contribution in [3.8, 4) is 5.75 Å². The standard InChI is InChI=1S/C17H26N2O4/c1-3-4-5-6-7-8-9-10-17(20)18-15-13-14(19(21)22)11-12-16(15)23-2/h11-13H,3-10H2,1-2H3,(H,18,20). The van der Waals surface area contributed by atoms with Crippen molar-refractivity contribution in [2.45, 2.75) is 58.3 Å². The summed E-state index contributed by atoms with van der Waals surface area (Å²) in [6.45, 7) is 2.19. The van der Waals surface area contributed by atoms with Crippen molar-refractivity contribution < 1.29 is 14.5 Å². The maximum absolute atomic E-state index is 12.0. The predicted molar refractivity (Wildman–Crippen MR) is 90.9 cm³/mol. The molecule has 0 fully saturated rings. The van der Waals surface area contributed by atoms with E-state index in [2.05, 4.69) is 12.2 Å². The number of carbonyl (C=O) groups is 1. The molecular weight excluding hydrogens is 296 g/mol. The minimum Gasteiger partial charge on any atom is -0.495 e. The van der Waals surface area contributed by atoms with Crippen molar-refractivity contribution in [1.82, 2.24) is 0 Å². The van der Waals surface area contributed by atoms with Gasteiger partial charge in [0.15, 0.2) is 0 Å². The largest absolute Gasteiger partial charge is 0.495 e. The molecule has 0 atom stereocenters. The Kier molecular flexibility index (Phi) is 8.72. The van der Waals surface area contributed by atoms with Crippen LogP contribution < -0.4 is 10.1 Å². The van der Waals surface area contributed by atoms with Gasteiger partial charge in [-0.25, -0.2) is 0 Å². The normalized spacial score (nSPS) is 10.3. The van der Waals surface area contributed by atoms with Gasteiger partial charge in [0.2, 0.25) is 5.91 Å². The summed E-state index contributed by atoms with van der Waals surface area (Å²) in [6.07, 6.45) is 8.40. The van der Waals surface area contributed by atoms with Crippen LogP contribution in [-0.2, 0) is 4.79 Å². The number of hydrogen-bond donors (Lipinski definition) is 1. The Balaban J connectivity index is 2.41. The lowest BCUT2D eigenvalue weighted by atomic mass is 10.1. The highest BCUT2D eigenvalue weighted by Gasteiger charge is 2.13. The zero-order chi connectivity index (χ0) is 17.1. The second-order valence-electron chi connectivity index (χ2n) is 5.56. The molecule has 1 aromatic rings. The number of non-ortho nitro benzene ring substituents is 1. The summed E-state index contributed by atoms with van der Waals surface area (Å²) in [5.74, 6) is 0.279. The highest BCUT2D eigenvalue weighted by molar-refractivity contribution is 5.92. The van der Waals surface area contributed by atoms with E-state index < -0.39 is 4.92 Å². The molecule has 1 aromatic carbocycles. The van der Waals surface area contributed by atoms with Gasteiger partial charge in [-0.2, -0.15) is 0 Å². The molecule has 0 aliphatic rings. The Morgan fingerprint density at radius 3 is 2.43 bits per heavy atom. The first-order valence-electron chi connectivity index (χ1n) is 8.20. The molecule has 0 aromatic heterocycles. The summed E-state index contributed by atoms with van der Waals surface area (Å²) in [5, 5.41) is 13.5. The molecule has 0 radical (unpaired) electrons. The minimum atomic E-state index is -0.495. The molecule has 0 saturated heterocycles. The molecule has 6 nitrogen and oxygen atoms in total. The van der Waals surface area contributed by atoms with Gasteiger partial charge in [0.05, 0.1) is 17.7 Å². The second kappa shape index (κ2) is 10.6. The summed E-state index contributed by atoms with van der Waals surface area (Å²) in [6, 6.07) is 4.16. The fraction of sp³-hybridized carbons (Fsp3) is 0.588. The van der Waals surface area contributed by atoms with E-state index in [1.807, 2.05) is 0 Å². The smallest absolute Gasteiger partial charge is 0.271 e. The van der Waals surface area contributed by atoms with Gasteiger partial charge in [-0.05, 0) is 12.5 Å². The van der Waals surface area contributed by atoms with Crippen LogP contribution in [0.2, 0.25) is 0 Å². The van der Waals surface area contributed by atoms with Gasteiger partial charge in [0.25, 0.3) is 5.69 Å². The maximum Gasteiger partial charge on any atom is 0.271 e. The van der Waals surface area contributed by atoms with Crippen LogP contribution in [0.3, 0.4) is 0 Å². The van der Waals surface area contributed by atoms with Crippen LogP contribution in [0.1, 0.15) is 58.3 Å². The Bertz CT molecular complexity index is 517. The number of anilines is 1. The van der Waals surface area contributed by atoms with Crippen molar-refractivity contribution in [3.63, 3.8) is 0 Å². The van der Waals surface area contributed by atoms with Gasteiger partial charge >= 0.3 is 0 Å². The Labute approximate surface area is 137 Å². The molecule has 0 aliphatic carbocycles. The van der Waals surface area contributed by atoms with E-state index in [1.54, 1.807) is 0 Å². The lowest BCUT2D eigenvalue weighted by Crippen LogP contribution is -2.12. The van der Waals surface area contributed by atoms with Crippen LogP contribution in [0.4, 0.5) is 11.4 Å². The Hall–Kier alpha value is -2.11. The number of ether oxygens (including phenoxy) is 1. The van der Waals surface area contributed by atoms with Crippen LogP contribution in [0.25, 0.3) is 0 Å². The van der Waals surface area contributed by atoms with Gasteiger partial charge in [0.1, 0.15) is 5.75 Å². The third-order valence-corrected chi connectivity index (χ3v) is 3.68. The lowest BCUT2D eigenvalue weighted by Gasteiger charge is -2.10. The zero-order valence-corrected chi connectivity index (χ0v) is 14.0. The average Bonchev–Trinajstić information content (AvgIpc) is 2.53. The lowest BCUT2D eigenvalue weighted by molar-refractivity contribution is -0.384. The summed E-state index contributed by atoms with van der Waals surface area (Å²) in [7, 11) is 1.47. The van der Waals surface area contributed by atoms with Gasteiger partial charge in [0, 0.05) is 18.6 Å². The first-order valence-corrected chi connectivity index (χ1v) is 8.20. The fourth-order valence-corrected chi connectivity index (χ4v) is 2.36. The van der Waals surface area contributed by atoms with Crippen molar-refractivity contribution in [2.24, 2.45) is 0 Å². The minimum absolute atomic E-state index is 0.0722. The summed E-state index contributed by atoms with van der Waals surface area (Å²) >= 11 is 0.